The molecule has 0 N–H and O–H groups in total. The molecule has 1 rings (SSSR count). The molecular weight excluding hydrogens is 114 g/mol. The Morgan fingerprint density at radius 3 is 2.25 bits per heavy atom. The Balaban J connectivity index is 3.19. The van der Waals surface area contributed by atoms with Crippen molar-refractivity contribution in [3.05, 3.63) is 23.7 Å². The summed E-state index contributed by atoms with van der Waals surface area (Å²) in [7, 11) is 0. The van der Waals surface area contributed by atoms with Crippen molar-refractivity contribution in [2.24, 2.45) is 0 Å². The van der Waals surface area contributed by atoms with Crippen molar-refractivity contribution in [2.75, 3.05) is 0 Å². The summed E-state index contributed by atoms with van der Waals surface area (Å²) in [5, 5.41) is 0. The van der Waals surface area contributed by atoms with Crippen molar-refractivity contribution in [3.63, 3.8) is 0 Å². The molecule has 1 aromatic heterocycles. The standard InChI is InChI=1S/C5H4F2O/c1-3-4(6)2-8-5(3)7/h2H,1H3. The summed E-state index contributed by atoms with van der Waals surface area (Å²) in [6.45, 7) is 1.31. The maximum Gasteiger partial charge on any atom is 0.283 e. The summed E-state index contributed by atoms with van der Waals surface area (Å²) >= 11 is 0. The fourth-order valence-electron chi connectivity index (χ4n) is 0.374. The van der Waals surface area contributed by atoms with Crippen LogP contribution in [0.25, 0.3) is 0 Å². The molecule has 0 saturated heterocycles. The third-order valence-corrected chi connectivity index (χ3v) is 0.919. The highest BCUT2D eigenvalue weighted by atomic mass is 19.1. The van der Waals surface area contributed by atoms with Crippen LogP contribution < -0.4 is 0 Å². The first-order valence-electron chi connectivity index (χ1n) is 2.11. The Morgan fingerprint density at radius 2 is 2.12 bits per heavy atom. The van der Waals surface area contributed by atoms with E-state index in [0.29, 0.717) is 0 Å². The second kappa shape index (κ2) is 1.58. The maximum absolute atomic E-state index is 12.0. The molecule has 1 nitrogen and oxygen atoms in total. The molecule has 0 aliphatic heterocycles. The molecule has 3 heteroatoms. The Hall–Kier alpha value is -0.860. The van der Waals surface area contributed by atoms with E-state index in [4.69, 9.17) is 0 Å². The van der Waals surface area contributed by atoms with Gasteiger partial charge in [0.1, 0.15) is 6.26 Å². The van der Waals surface area contributed by atoms with E-state index in [2.05, 4.69) is 4.42 Å². The van der Waals surface area contributed by atoms with Crippen LogP contribution in [-0.4, -0.2) is 0 Å². The van der Waals surface area contributed by atoms with Gasteiger partial charge in [-0.15, -0.1) is 0 Å². The van der Waals surface area contributed by atoms with Crippen LogP contribution in [0.1, 0.15) is 5.56 Å². The highest BCUT2D eigenvalue weighted by Crippen LogP contribution is 2.10. The van der Waals surface area contributed by atoms with Crippen LogP contribution in [-0.2, 0) is 0 Å². The van der Waals surface area contributed by atoms with Crippen molar-refractivity contribution in [1.29, 1.82) is 0 Å². The molecule has 0 aliphatic carbocycles. The molecule has 0 atom stereocenters. The average molecular weight is 118 g/mol. The van der Waals surface area contributed by atoms with Crippen molar-refractivity contribution >= 4 is 0 Å². The zero-order chi connectivity index (χ0) is 6.15. The van der Waals surface area contributed by atoms with Crippen LogP contribution in [0.3, 0.4) is 0 Å². The zero-order valence-electron chi connectivity index (χ0n) is 4.24. The fraction of sp³-hybridized carbons (Fsp3) is 0.200. The normalized spacial score (nSPS) is 9.88. The van der Waals surface area contributed by atoms with Crippen LogP contribution in [0.5, 0.6) is 0 Å². The third-order valence-electron chi connectivity index (χ3n) is 0.919. The van der Waals surface area contributed by atoms with Gasteiger partial charge < -0.3 is 4.42 Å². The topological polar surface area (TPSA) is 13.1 Å². The number of halogens is 2. The summed E-state index contributed by atoms with van der Waals surface area (Å²) in [6, 6.07) is -0.845. The van der Waals surface area contributed by atoms with E-state index in [0.717, 1.165) is 6.26 Å². The van der Waals surface area contributed by atoms with Gasteiger partial charge in [-0.3, -0.25) is 0 Å². The van der Waals surface area contributed by atoms with Crippen LogP contribution in [0.2, 0.25) is 0 Å². The van der Waals surface area contributed by atoms with Gasteiger partial charge in [0.25, 0.3) is 6.01 Å². The van der Waals surface area contributed by atoms with Gasteiger partial charge >= 0.3 is 0 Å². The van der Waals surface area contributed by atoms with Gasteiger partial charge in [0, 0.05) is 0 Å². The van der Waals surface area contributed by atoms with E-state index in [1.165, 1.54) is 6.92 Å². The summed E-state index contributed by atoms with van der Waals surface area (Å²) in [5.41, 5.74) is -0.0648. The molecule has 0 fully saturated rings. The molecule has 0 bridgehead atoms. The summed E-state index contributed by atoms with van der Waals surface area (Å²) < 4.78 is 28.0. The monoisotopic (exact) mass is 118 g/mol. The number of hydrogen-bond donors (Lipinski definition) is 0. The molecule has 44 valence electrons. The highest BCUT2D eigenvalue weighted by Gasteiger charge is 2.05. The van der Waals surface area contributed by atoms with Gasteiger partial charge in [-0.2, -0.15) is 4.39 Å². The van der Waals surface area contributed by atoms with E-state index in [9.17, 15) is 8.78 Å². The number of furan rings is 1. The van der Waals surface area contributed by atoms with E-state index in [-0.39, 0.29) is 5.56 Å². The third kappa shape index (κ3) is 0.598. The summed E-state index contributed by atoms with van der Waals surface area (Å²) in [6.07, 6.45) is 0.741. The fourth-order valence-corrected chi connectivity index (χ4v) is 0.374. The molecule has 0 amide bonds. The molecule has 0 unspecified atom stereocenters. The van der Waals surface area contributed by atoms with Gasteiger partial charge in [-0.25, -0.2) is 4.39 Å². The molecule has 1 aromatic rings. The average Bonchev–Trinajstić information content (AvgIpc) is 1.98. The van der Waals surface area contributed by atoms with E-state index in [1.807, 2.05) is 0 Å². The van der Waals surface area contributed by atoms with Gasteiger partial charge in [0.2, 0.25) is 0 Å². The van der Waals surface area contributed by atoms with Gasteiger partial charge in [-0.05, 0) is 6.92 Å². The second-order valence-electron chi connectivity index (χ2n) is 1.48. The second-order valence-corrected chi connectivity index (χ2v) is 1.48. The lowest BCUT2D eigenvalue weighted by Gasteiger charge is -1.76. The van der Waals surface area contributed by atoms with E-state index >= 15 is 0 Å². The first-order valence-corrected chi connectivity index (χ1v) is 2.11. The smallest absolute Gasteiger partial charge is 0.283 e. The summed E-state index contributed by atoms with van der Waals surface area (Å²) in [5.74, 6) is -0.637. The SMILES string of the molecule is Cc1c(F)coc1F. The molecule has 0 aliphatic rings. The van der Waals surface area contributed by atoms with Gasteiger partial charge in [0.05, 0.1) is 5.56 Å². The Bertz CT molecular complexity index is 173. The Kier molecular flexibility index (Phi) is 1.04. The highest BCUT2D eigenvalue weighted by molar-refractivity contribution is 5.06. The lowest BCUT2D eigenvalue weighted by molar-refractivity contribution is 0.353. The first kappa shape index (κ1) is 5.28. The molecule has 0 aromatic carbocycles. The minimum Gasteiger partial charge on any atom is -0.436 e. The number of hydrogen-bond acceptors (Lipinski definition) is 1. The molecule has 8 heavy (non-hydrogen) atoms. The quantitative estimate of drug-likeness (QED) is 0.506. The van der Waals surface area contributed by atoms with Crippen LogP contribution >= 0.6 is 0 Å². The minimum atomic E-state index is -0.845. The summed E-state index contributed by atoms with van der Waals surface area (Å²) in [4.78, 5) is 0. The molecule has 1 heterocycles. The van der Waals surface area contributed by atoms with E-state index in [1.54, 1.807) is 0 Å². The van der Waals surface area contributed by atoms with Crippen LogP contribution in [0.4, 0.5) is 8.78 Å². The lowest BCUT2D eigenvalue weighted by atomic mass is 10.4. The Labute approximate surface area is 44.9 Å². The predicted octanol–water partition coefficient (Wildman–Crippen LogP) is 1.87. The predicted molar refractivity (Wildman–Crippen MR) is 23.4 cm³/mol. The lowest BCUT2D eigenvalue weighted by Crippen LogP contribution is -1.73. The van der Waals surface area contributed by atoms with Gasteiger partial charge in [-0.1, -0.05) is 0 Å². The largest absolute Gasteiger partial charge is 0.436 e. The van der Waals surface area contributed by atoms with Crippen molar-refractivity contribution in [3.8, 4) is 0 Å². The molecule has 0 spiro atoms. The maximum atomic E-state index is 12.0. The van der Waals surface area contributed by atoms with Gasteiger partial charge in [0.15, 0.2) is 5.82 Å². The van der Waals surface area contributed by atoms with Crippen LogP contribution in [0, 0.1) is 18.8 Å². The Morgan fingerprint density at radius 1 is 1.50 bits per heavy atom. The van der Waals surface area contributed by atoms with Crippen molar-refractivity contribution < 1.29 is 13.2 Å². The van der Waals surface area contributed by atoms with E-state index < -0.39 is 11.8 Å². The zero-order valence-corrected chi connectivity index (χ0v) is 4.24. The van der Waals surface area contributed by atoms with Crippen molar-refractivity contribution in [2.45, 2.75) is 6.92 Å². The molecular formula is C5H4F2O. The molecule has 0 radical (unpaired) electrons. The van der Waals surface area contributed by atoms with Crippen LogP contribution in [0.15, 0.2) is 10.7 Å². The molecule has 0 saturated carbocycles. The minimum absolute atomic E-state index is 0.0648. The number of rotatable bonds is 0. The van der Waals surface area contributed by atoms with Crippen molar-refractivity contribution in [1.82, 2.24) is 0 Å². The first-order chi connectivity index (χ1) is 3.72.